The third-order valence-electron chi connectivity index (χ3n) is 4.44. The topological polar surface area (TPSA) is 46.4 Å². The first-order chi connectivity index (χ1) is 13.1. The quantitative estimate of drug-likeness (QED) is 0.508. The van der Waals surface area contributed by atoms with Gasteiger partial charge in [0.05, 0.1) is 18.2 Å². The van der Waals surface area contributed by atoms with Gasteiger partial charge in [0.2, 0.25) is 5.91 Å². The lowest BCUT2D eigenvalue weighted by Crippen LogP contribution is -2.28. The van der Waals surface area contributed by atoms with Crippen molar-refractivity contribution in [1.82, 2.24) is 14.7 Å². The van der Waals surface area contributed by atoms with Crippen molar-refractivity contribution in [3.63, 3.8) is 0 Å². The third kappa shape index (κ3) is 3.89. The normalized spacial score (nSPS) is 12.2. The number of benzene rings is 2. The Morgan fingerprint density at radius 1 is 1.19 bits per heavy atom. The van der Waals surface area contributed by atoms with E-state index in [-0.39, 0.29) is 11.9 Å². The molecule has 4 rings (SSSR count). The summed E-state index contributed by atoms with van der Waals surface area (Å²) >= 11 is 7.49. The lowest BCUT2D eigenvalue weighted by molar-refractivity contribution is -0.121. The molecule has 0 fully saturated rings. The Kier molecular flexibility index (Phi) is 4.97. The molecule has 0 spiro atoms. The number of nitrogens with zero attached hydrogens (tertiary/aromatic N) is 2. The molecule has 27 heavy (non-hydrogen) atoms. The molecule has 0 saturated heterocycles. The number of hydrogen-bond acceptors (Lipinski definition) is 3. The van der Waals surface area contributed by atoms with Gasteiger partial charge >= 0.3 is 0 Å². The Bertz CT molecular complexity index is 1070. The molecule has 0 unspecified atom stereocenters. The maximum absolute atomic E-state index is 12.5. The van der Waals surface area contributed by atoms with Gasteiger partial charge in [0.15, 0.2) is 4.96 Å². The molecule has 0 aliphatic carbocycles. The molecule has 1 atom stereocenters. The summed E-state index contributed by atoms with van der Waals surface area (Å²) in [6.45, 7) is 1.99. The lowest BCUT2D eigenvalue weighted by atomic mass is 10.1. The number of carbonyl (C=O) groups is 1. The highest BCUT2D eigenvalue weighted by atomic mass is 35.5. The number of thiazole rings is 1. The monoisotopic (exact) mass is 395 g/mol. The van der Waals surface area contributed by atoms with Gasteiger partial charge in [0, 0.05) is 27.9 Å². The maximum Gasteiger partial charge on any atom is 0.226 e. The molecule has 1 N–H and O–H groups in total. The summed E-state index contributed by atoms with van der Waals surface area (Å²) < 4.78 is 1.99. The largest absolute Gasteiger partial charge is 0.349 e. The first-order valence-electron chi connectivity index (χ1n) is 8.66. The lowest BCUT2D eigenvalue weighted by Gasteiger charge is -2.14. The van der Waals surface area contributed by atoms with Gasteiger partial charge in [0.25, 0.3) is 0 Å². The highest BCUT2D eigenvalue weighted by molar-refractivity contribution is 7.15. The minimum Gasteiger partial charge on any atom is -0.349 e. The van der Waals surface area contributed by atoms with E-state index in [1.54, 1.807) is 0 Å². The average molecular weight is 396 g/mol. The van der Waals surface area contributed by atoms with Crippen molar-refractivity contribution in [2.75, 3.05) is 0 Å². The number of halogens is 1. The van der Waals surface area contributed by atoms with Crippen LogP contribution in [0.15, 0.2) is 66.2 Å². The maximum atomic E-state index is 12.5. The van der Waals surface area contributed by atoms with Crippen LogP contribution >= 0.6 is 22.9 Å². The molecule has 136 valence electrons. The van der Waals surface area contributed by atoms with E-state index >= 15 is 0 Å². The predicted molar refractivity (Wildman–Crippen MR) is 110 cm³/mol. The zero-order valence-electron chi connectivity index (χ0n) is 14.7. The van der Waals surface area contributed by atoms with Crippen LogP contribution in [0.1, 0.15) is 24.2 Å². The number of carbonyl (C=O) groups excluding carboxylic acids is 1. The molecule has 6 heteroatoms. The van der Waals surface area contributed by atoms with Gasteiger partial charge in [-0.1, -0.05) is 54.1 Å². The molecule has 4 nitrogen and oxygen atoms in total. The highest BCUT2D eigenvalue weighted by Crippen LogP contribution is 2.25. The van der Waals surface area contributed by atoms with Crippen molar-refractivity contribution < 1.29 is 4.79 Å². The molecular weight excluding hydrogens is 378 g/mol. The summed E-state index contributed by atoms with van der Waals surface area (Å²) in [6, 6.07) is 17.5. The molecule has 2 aromatic heterocycles. The SMILES string of the molecule is C[C@H](NC(=O)Cc1csc2nc(-c3ccc(Cl)cc3)cn12)c1ccccc1. The van der Waals surface area contributed by atoms with Gasteiger partial charge in [-0.3, -0.25) is 9.20 Å². The fourth-order valence-corrected chi connectivity index (χ4v) is 4.00. The van der Waals surface area contributed by atoms with Gasteiger partial charge in [0.1, 0.15) is 0 Å². The molecule has 0 aliphatic rings. The minimum atomic E-state index is -0.0276. The van der Waals surface area contributed by atoms with Crippen LogP contribution in [-0.2, 0) is 11.2 Å². The van der Waals surface area contributed by atoms with E-state index in [2.05, 4.69) is 10.3 Å². The standard InChI is InChI=1S/C21H18ClN3OS/c1-14(15-5-3-2-4-6-15)23-20(26)11-18-13-27-21-24-19(12-25(18)21)16-7-9-17(22)10-8-16/h2-10,12-14H,11H2,1H3,(H,23,26)/t14-/m0/s1. The van der Waals surface area contributed by atoms with Crippen molar-refractivity contribution >= 4 is 33.8 Å². The summed E-state index contributed by atoms with van der Waals surface area (Å²) in [5.41, 5.74) is 3.90. The number of rotatable bonds is 5. The minimum absolute atomic E-state index is 0.00667. The summed E-state index contributed by atoms with van der Waals surface area (Å²) in [5, 5.41) is 5.75. The van der Waals surface area contributed by atoms with E-state index in [9.17, 15) is 4.79 Å². The number of imidazole rings is 1. The van der Waals surface area contributed by atoms with Crippen LogP contribution in [-0.4, -0.2) is 15.3 Å². The van der Waals surface area contributed by atoms with Crippen molar-refractivity contribution in [1.29, 1.82) is 0 Å². The Labute approximate surface area is 166 Å². The van der Waals surface area contributed by atoms with E-state index in [0.717, 1.165) is 27.5 Å². The van der Waals surface area contributed by atoms with Gasteiger partial charge in [-0.05, 0) is 24.6 Å². The second-order valence-electron chi connectivity index (χ2n) is 6.39. The zero-order valence-corrected chi connectivity index (χ0v) is 16.3. The predicted octanol–water partition coefficient (Wildman–Crippen LogP) is 5.14. The van der Waals surface area contributed by atoms with Gasteiger partial charge in [-0.15, -0.1) is 11.3 Å². The van der Waals surface area contributed by atoms with Crippen LogP contribution in [0, 0.1) is 0 Å². The Morgan fingerprint density at radius 3 is 2.67 bits per heavy atom. The smallest absolute Gasteiger partial charge is 0.226 e. The van der Waals surface area contributed by atoms with Gasteiger partial charge in [-0.25, -0.2) is 4.98 Å². The highest BCUT2D eigenvalue weighted by Gasteiger charge is 2.14. The van der Waals surface area contributed by atoms with Crippen LogP contribution in [0.4, 0.5) is 0 Å². The molecule has 2 aromatic carbocycles. The molecule has 0 radical (unpaired) electrons. The molecule has 4 aromatic rings. The molecule has 0 aliphatic heterocycles. The fourth-order valence-electron chi connectivity index (χ4n) is 3.00. The molecule has 0 saturated carbocycles. The van der Waals surface area contributed by atoms with Crippen molar-refractivity contribution in [2.24, 2.45) is 0 Å². The first kappa shape index (κ1) is 17.8. The fraction of sp³-hybridized carbons (Fsp3) is 0.143. The zero-order chi connectivity index (χ0) is 18.8. The number of amides is 1. The van der Waals surface area contributed by atoms with E-state index < -0.39 is 0 Å². The summed E-state index contributed by atoms with van der Waals surface area (Å²) in [5.74, 6) is -0.00667. The second kappa shape index (κ2) is 7.55. The Hall–Kier alpha value is -2.63. The van der Waals surface area contributed by atoms with Crippen molar-refractivity contribution in [3.05, 3.63) is 82.5 Å². The summed E-state index contributed by atoms with van der Waals surface area (Å²) in [6.07, 6.45) is 2.28. The van der Waals surface area contributed by atoms with Crippen LogP contribution < -0.4 is 5.32 Å². The Balaban J connectivity index is 1.50. The first-order valence-corrected chi connectivity index (χ1v) is 9.91. The third-order valence-corrected chi connectivity index (χ3v) is 5.58. The van der Waals surface area contributed by atoms with Crippen molar-refractivity contribution in [2.45, 2.75) is 19.4 Å². The van der Waals surface area contributed by atoms with Gasteiger partial charge < -0.3 is 5.32 Å². The van der Waals surface area contributed by atoms with Crippen LogP contribution in [0.25, 0.3) is 16.2 Å². The molecule has 2 heterocycles. The summed E-state index contributed by atoms with van der Waals surface area (Å²) in [4.78, 5) is 18.0. The number of fused-ring (bicyclic) bond motifs is 1. The van der Waals surface area contributed by atoms with Crippen LogP contribution in [0.5, 0.6) is 0 Å². The summed E-state index contributed by atoms with van der Waals surface area (Å²) in [7, 11) is 0. The van der Waals surface area contributed by atoms with E-state index in [1.165, 1.54) is 11.3 Å². The molecular formula is C21H18ClN3OS. The van der Waals surface area contributed by atoms with Crippen LogP contribution in [0.3, 0.4) is 0 Å². The number of hydrogen-bond donors (Lipinski definition) is 1. The molecule has 1 amide bonds. The van der Waals surface area contributed by atoms with E-state index in [1.807, 2.05) is 77.5 Å². The number of aromatic nitrogens is 2. The second-order valence-corrected chi connectivity index (χ2v) is 7.66. The van der Waals surface area contributed by atoms with E-state index in [4.69, 9.17) is 11.6 Å². The van der Waals surface area contributed by atoms with Gasteiger partial charge in [-0.2, -0.15) is 0 Å². The van der Waals surface area contributed by atoms with Crippen molar-refractivity contribution in [3.8, 4) is 11.3 Å². The molecule has 0 bridgehead atoms. The van der Waals surface area contributed by atoms with E-state index in [0.29, 0.717) is 11.4 Å². The number of nitrogens with one attached hydrogen (secondary N) is 1. The average Bonchev–Trinajstić information content (AvgIpc) is 3.25. The Morgan fingerprint density at radius 2 is 1.93 bits per heavy atom. The van der Waals surface area contributed by atoms with Crippen LogP contribution in [0.2, 0.25) is 5.02 Å².